The lowest BCUT2D eigenvalue weighted by atomic mass is 10.1. The van der Waals surface area contributed by atoms with Gasteiger partial charge in [0.15, 0.2) is 11.6 Å². The molecule has 0 radical (unpaired) electrons. The summed E-state index contributed by atoms with van der Waals surface area (Å²) in [6.07, 6.45) is 0. The van der Waals surface area contributed by atoms with Gasteiger partial charge in [0.1, 0.15) is 0 Å². The fraction of sp³-hybridized carbons (Fsp3) is 0.455. The quantitative estimate of drug-likeness (QED) is 0.664. The SMILES string of the molecule is CN1CCN(c2nc3ccc(-c4cccs4)cc3nc2N2CCN(C)CC2)CC1. The molecule has 2 aliphatic heterocycles. The molecule has 152 valence electrons. The number of anilines is 2. The third kappa shape index (κ3) is 3.82. The first-order chi connectivity index (χ1) is 14.2. The Balaban J connectivity index is 1.57. The Kier molecular flexibility index (Phi) is 5.11. The van der Waals surface area contributed by atoms with Gasteiger partial charge >= 0.3 is 0 Å². The average Bonchev–Trinajstić information content (AvgIpc) is 3.29. The molecular weight excluding hydrogens is 380 g/mol. The highest BCUT2D eigenvalue weighted by atomic mass is 32.1. The molecule has 2 aromatic heterocycles. The molecule has 0 unspecified atom stereocenters. The molecule has 0 N–H and O–H groups in total. The second-order valence-electron chi connectivity index (χ2n) is 8.13. The Hall–Kier alpha value is -2.22. The maximum atomic E-state index is 5.18. The standard InChI is InChI=1S/C22H28N6S/c1-25-7-11-27(12-8-25)21-22(28-13-9-26(2)10-14-28)24-19-16-17(5-6-18(19)23-21)20-4-3-15-29-20/h3-6,15-16H,7-14H2,1-2H3. The van der Waals surface area contributed by atoms with Crippen LogP contribution in [0.25, 0.3) is 21.5 Å². The molecule has 2 saturated heterocycles. The van der Waals surface area contributed by atoms with Crippen molar-refractivity contribution in [1.82, 2.24) is 19.8 Å². The van der Waals surface area contributed by atoms with Crippen LogP contribution in [0.3, 0.4) is 0 Å². The first kappa shape index (κ1) is 18.8. The molecule has 0 atom stereocenters. The van der Waals surface area contributed by atoms with Crippen molar-refractivity contribution in [1.29, 1.82) is 0 Å². The van der Waals surface area contributed by atoms with E-state index < -0.39 is 0 Å². The van der Waals surface area contributed by atoms with E-state index in [2.05, 4.69) is 69.4 Å². The van der Waals surface area contributed by atoms with Crippen LogP contribution in [0, 0.1) is 0 Å². The van der Waals surface area contributed by atoms with Crippen molar-refractivity contribution in [3.8, 4) is 10.4 Å². The number of fused-ring (bicyclic) bond motifs is 1. The highest BCUT2D eigenvalue weighted by Crippen LogP contribution is 2.32. The molecule has 29 heavy (non-hydrogen) atoms. The van der Waals surface area contributed by atoms with Crippen LogP contribution in [0.5, 0.6) is 0 Å². The maximum Gasteiger partial charge on any atom is 0.172 e. The molecule has 6 nitrogen and oxygen atoms in total. The molecule has 0 amide bonds. The smallest absolute Gasteiger partial charge is 0.172 e. The highest BCUT2D eigenvalue weighted by Gasteiger charge is 2.25. The van der Waals surface area contributed by atoms with Gasteiger partial charge < -0.3 is 19.6 Å². The summed E-state index contributed by atoms with van der Waals surface area (Å²) in [7, 11) is 4.38. The molecule has 0 saturated carbocycles. The number of likely N-dealkylation sites (N-methyl/N-ethyl adjacent to an activating group) is 2. The van der Waals surface area contributed by atoms with Crippen molar-refractivity contribution in [2.75, 3.05) is 76.3 Å². The molecule has 3 aromatic rings. The van der Waals surface area contributed by atoms with Crippen LogP contribution in [0.1, 0.15) is 0 Å². The molecule has 5 rings (SSSR count). The molecule has 2 fully saturated rings. The van der Waals surface area contributed by atoms with E-state index in [4.69, 9.17) is 9.97 Å². The Morgan fingerprint density at radius 3 is 1.86 bits per heavy atom. The van der Waals surface area contributed by atoms with E-state index in [-0.39, 0.29) is 0 Å². The van der Waals surface area contributed by atoms with Crippen LogP contribution >= 0.6 is 11.3 Å². The number of thiophene rings is 1. The minimum Gasteiger partial charge on any atom is -0.351 e. The lowest BCUT2D eigenvalue weighted by Gasteiger charge is -2.38. The van der Waals surface area contributed by atoms with Gasteiger partial charge in [-0.1, -0.05) is 12.1 Å². The van der Waals surface area contributed by atoms with E-state index in [1.54, 1.807) is 11.3 Å². The van der Waals surface area contributed by atoms with Crippen molar-refractivity contribution in [2.24, 2.45) is 0 Å². The predicted octanol–water partition coefficient (Wildman–Crippen LogP) is 2.86. The monoisotopic (exact) mass is 408 g/mol. The zero-order valence-electron chi connectivity index (χ0n) is 17.2. The number of aromatic nitrogens is 2. The van der Waals surface area contributed by atoms with Gasteiger partial charge in [-0.25, -0.2) is 9.97 Å². The van der Waals surface area contributed by atoms with Gasteiger partial charge in [-0.2, -0.15) is 0 Å². The van der Waals surface area contributed by atoms with Gasteiger partial charge in [0, 0.05) is 57.2 Å². The van der Waals surface area contributed by atoms with Gasteiger partial charge in [-0.3, -0.25) is 0 Å². The zero-order chi connectivity index (χ0) is 19.8. The summed E-state index contributed by atoms with van der Waals surface area (Å²) in [5.74, 6) is 2.11. The second kappa shape index (κ2) is 7.89. The van der Waals surface area contributed by atoms with E-state index in [0.717, 1.165) is 75.0 Å². The van der Waals surface area contributed by atoms with E-state index in [9.17, 15) is 0 Å². The first-order valence-corrected chi connectivity index (χ1v) is 11.3. The molecule has 0 spiro atoms. The van der Waals surface area contributed by atoms with Gasteiger partial charge in [-0.05, 0) is 43.2 Å². The summed E-state index contributed by atoms with van der Waals surface area (Å²) < 4.78 is 0. The number of nitrogens with zero attached hydrogens (tertiary/aromatic N) is 6. The molecule has 0 aliphatic carbocycles. The molecule has 4 heterocycles. The predicted molar refractivity (Wildman–Crippen MR) is 122 cm³/mol. The minimum absolute atomic E-state index is 0.983. The van der Waals surface area contributed by atoms with E-state index in [0.29, 0.717) is 0 Å². The van der Waals surface area contributed by atoms with Gasteiger partial charge in [0.2, 0.25) is 0 Å². The van der Waals surface area contributed by atoms with E-state index in [1.165, 1.54) is 10.4 Å². The van der Waals surface area contributed by atoms with Gasteiger partial charge in [0.05, 0.1) is 11.0 Å². The normalized spacial score (nSPS) is 19.2. The van der Waals surface area contributed by atoms with Crippen molar-refractivity contribution in [3.05, 3.63) is 35.7 Å². The largest absolute Gasteiger partial charge is 0.351 e. The Labute approximate surface area is 176 Å². The summed E-state index contributed by atoms with van der Waals surface area (Å²) in [6, 6.07) is 10.8. The van der Waals surface area contributed by atoms with Crippen molar-refractivity contribution >= 4 is 34.0 Å². The van der Waals surface area contributed by atoms with Crippen LogP contribution < -0.4 is 9.80 Å². The molecule has 2 aliphatic rings. The third-order valence-electron chi connectivity index (χ3n) is 6.04. The summed E-state index contributed by atoms with van der Waals surface area (Å²) in [6.45, 7) is 8.28. The number of rotatable bonds is 3. The molecule has 0 bridgehead atoms. The first-order valence-electron chi connectivity index (χ1n) is 10.4. The number of hydrogen-bond donors (Lipinski definition) is 0. The van der Waals surface area contributed by atoms with Crippen LogP contribution in [0.2, 0.25) is 0 Å². The second-order valence-corrected chi connectivity index (χ2v) is 9.08. The van der Waals surface area contributed by atoms with Crippen LogP contribution in [-0.4, -0.2) is 86.2 Å². The summed E-state index contributed by atoms with van der Waals surface area (Å²) in [5, 5.41) is 2.12. The molecular formula is C22H28N6S. The van der Waals surface area contributed by atoms with Crippen molar-refractivity contribution < 1.29 is 0 Å². The third-order valence-corrected chi connectivity index (χ3v) is 6.96. The summed E-state index contributed by atoms with van der Waals surface area (Å²) in [5.41, 5.74) is 3.19. The maximum absolute atomic E-state index is 5.18. The van der Waals surface area contributed by atoms with Crippen LogP contribution in [0.15, 0.2) is 35.7 Å². The van der Waals surface area contributed by atoms with Crippen molar-refractivity contribution in [2.45, 2.75) is 0 Å². The van der Waals surface area contributed by atoms with Gasteiger partial charge in [0.25, 0.3) is 0 Å². The average molecular weight is 409 g/mol. The topological polar surface area (TPSA) is 38.7 Å². The lowest BCUT2D eigenvalue weighted by molar-refractivity contribution is 0.308. The Morgan fingerprint density at radius 1 is 0.724 bits per heavy atom. The zero-order valence-corrected chi connectivity index (χ0v) is 18.0. The number of piperazine rings is 2. The fourth-order valence-corrected chi connectivity index (χ4v) is 4.82. The Morgan fingerprint density at radius 2 is 1.31 bits per heavy atom. The van der Waals surface area contributed by atoms with Crippen LogP contribution in [-0.2, 0) is 0 Å². The number of benzene rings is 1. The Bertz CT molecular complexity index is 972. The van der Waals surface area contributed by atoms with E-state index in [1.807, 2.05) is 0 Å². The number of hydrogen-bond acceptors (Lipinski definition) is 7. The van der Waals surface area contributed by atoms with Crippen LogP contribution in [0.4, 0.5) is 11.6 Å². The van der Waals surface area contributed by atoms with E-state index >= 15 is 0 Å². The lowest BCUT2D eigenvalue weighted by Crippen LogP contribution is -2.48. The summed E-state index contributed by atoms with van der Waals surface area (Å²) in [4.78, 5) is 21.2. The fourth-order valence-electron chi connectivity index (χ4n) is 4.09. The van der Waals surface area contributed by atoms with Crippen molar-refractivity contribution in [3.63, 3.8) is 0 Å². The summed E-state index contributed by atoms with van der Waals surface area (Å²) >= 11 is 1.77. The molecule has 1 aromatic carbocycles. The molecule has 7 heteroatoms. The minimum atomic E-state index is 0.983. The highest BCUT2D eigenvalue weighted by molar-refractivity contribution is 7.13. The van der Waals surface area contributed by atoms with Gasteiger partial charge in [-0.15, -0.1) is 11.3 Å².